The molecule has 0 spiro atoms. The molecule has 0 fully saturated rings. The van der Waals surface area contributed by atoms with E-state index in [9.17, 15) is 9.59 Å². The second-order valence-electron chi connectivity index (χ2n) is 5.71. The second-order valence-corrected chi connectivity index (χ2v) is 5.71. The fourth-order valence-electron chi connectivity index (χ4n) is 2.17. The first-order valence-electron chi connectivity index (χ1n) is 7.22. The van der Waals surface area contributed by atoms with Gasteiger partial charge >= 0.3 is 5.97 Å². The smallest absolute Gasteiger partial charge is 0.308 e. The number of nitrogen functional groups attached to an aromatic ring is 1. The maximum atomic E-state index is 11.8. The summed E-state index contributed by atoms with van der Waals surface area (Å²) < 4.78 is 0. The van der Waals surface area contributed by atoms with Gasteiger partial charge in [0.05, 0.1) is 5.92 Å². The largest absolute Gasteiger partial charge is 0.481 e. The van der Waals surface area contributed by atoms with Crippen molar-refractivity contribution in [1.82, 2.24) is 5.32 Å². The first-order valence-corrected chi connectivity index (χ1v) is 7.22. The van der Waals surface area contributed by atoms with Crippen LogP contribution in [0.4, 0.5) is 5.69 Å². The molecule has 1 rings (SSSR count). The van der Waals surface area contributed by atoms with Gasteiger partial charge in [0, 0.05) is 18.7 Å². The van der Waals surface area contributed by atoms with E-state index in [1.54, 1.807) is 6.07 Å². The molecule has 1 unspecified atom stereocenters. The van der Waals surface area contributed by atoms with Crippen LogP contribution < -0.4 is 11.1 Å². The quantitative estimate of drug-likeness (QED) is 0.639. The van der Waals surface area contributed by atoms with Crippen LogP contribution in [-0.2, 0) is 16.0 Å². The van der Waals surface area contributed by atoms with Crippen LogP contribution in [0.1, 0.15) is 32.3 Å². The molecule has 0 bridgehead atoms. The molecule has 1 atom stereocenters. The number of carboxylic acids is 1. The van der Waals surface area contributed by atoms with Gasteiger partial charge in [-0.05, 0) is 36.5 Å². The number of nitrogens with one attached hydrogen (secondary N) is 1. The number of hydrogen-bond acceptors (Lipinski definition) is 3. The van der Waals surface area contributed by atoms with Crippen LogP contribution in [-0.4, -0.2) is 23.5 Å². The molecule has 1 aromatic rings. The van der Waals surface area contributed by atoms with Crippen LogP contribution in [0.15, 0.2) is 24.3 Å². The molecule has 1 amide bonds. The highest BCUT2D eigenvalue weighted by atomic mass is 16.4. The molecule has 0 aliphatic rings. The zero-order valence-electron chi connectivity index (χ0n) is 12.6. The highest BCUT2D eigenvalue weighted by Crippen LogP contribution is 2.12. The highest BCUT2D eigenvalue weighted by molar-refractivity contribution is 5.77. The van der Waals surface area contributed by atoms with Gasteiger partial charge in [-0.15, -0.1) is 0 Å². The lowest BCUT2D eigenvalue weighted by Crippen LogP contribution is -2.33. The van der Waals surface area contributed by atoms with Crippen molar-refractivity contribution >= 4 is 17.6 Å². The van der Waals surface area contributed by atoms with E-state index in [2.05, 4.69) is 5.32 Å². The molecule has 0 heterocycles. The minimum atomic E-state index is -0.861. The zero-order chi connectivity index (χ0) is 15.8. The number of carbonyl (C=O) groups is 2. The van der Waals surface area contributed by atoms with Crippen molar-refractivity contribution in [1.29, 1.82) is 0 Å². The summed E-state index contributed by atoms with van der Waals surface area (Å²) in [4.78, 5) is 22.9. The van der Waals surface area contributed by atoms with Gasteiger partial charge in [-0.2, -0.15) is 0 Å². The topological polar surface area (TPSA) is 92.4 Å². The van der Waals surface area contributed by atoms with E-state index in [1.807, 2.05) is 32.0 Å². The van der Waals surface area contributed by atoms with Crippen molar-refractivity contribution in [2.24, 2.45) is 11.8 Å². The average molecular weight is 292 g/mol. The van der Waals surface area contributed by atoms with Gasteiger partial charge in [0.25, 0.3) is 0 Å². The second kappa shape index (κ2) is 8.29. The Kier molecular flexibility index (Phi) is 6.72. The Morgan fingerprint density at radius 2 is 2.05 bits per heavy atom. The van der Waals surface area contributed by atoms with Gasteiger partial charge in [0.15, 0.2) is 0 Å². The Balaban J connectivity index is 2.37. The number of amides is 1. The van der Waals surface area contributed by atoms with E-state index in [0.717, 1.165) is 5.56 Å². The zero-order valence-corrected chi connectivity index (χ0v) is 12.6. The summed E-state index contributed by atoms with van der Waals surface area (Å²) in [5.41, 5.74) is 7.36. The number of hydrogen-bond donors (Lipinski definition) is 3. The van der Waals surface area contributed by atoms with Crippen LogP contribution in [0.3, 0.4) is 0 Å². The number of benzene rings is 1. The lowest BCUT2D eigenvalue weighted by atomic mass is 9.97. The van der Waals surface area contributed by atoms with E-state index in [-0.39, 0.29) is 18.4 Å². The van der Waals surface area contributed by atoms with Gasteiger partial charge in [0.2, 0.25) is 5.91 Å². The lowest BCUT2D eigenvalue weighted by Gasteiger charge is -2.15. The third-order valence-corrected chi connectivity index (χ3v) is 3.24. The minimum Gasteiger partial charge on any atom is -0.481 e. The monoisotopic (exact) mass is 292 g/mol. The molecule has 4 N–H and O–H groups in total. The molecule has 0 saturated carbocycles. The normalized spacial score (nSPS) is 12.1. The van der Waals surface area contributed by atoms with Gasteiger partial charge in [-0.3, -0.25) is 9.59 Å². The summed E-state index contributed by atoms with van der Waals surface area (Å²) in [5.74, 6) is -1.23. The molecule has 0 aromatic heterocycles. The SMILES string of the molecule is CC(C)CC(CNC(=O)CCc1cccc(N)c1)C(=O)O. The molecule has 0 radical (unpaired) electrons. The van der Waals surface area contributed by atoms with Crippen molar-refractivity contribution in [3.8, 4) is 0 Å². The van der Waals surface area contributed by atoms with Crippen molar-refractivity contribution in [2.75, 3.05) is 12.3 Å². The number of nitrogens with two attached hydrogens (primary N) is 1. The Morgan fingerprint density at radius 3 is 2.62 bits per heavy atom. The lowest BCUT2D eigenvalue weighted by molar-refractivity contribution is -0.142. The number of aliphatic carboxylic acids is 1. The van der Waals surface area contributed by atoms with Crippen molar-refractivity contribution in [3.05, 3.63) is 29.8 Å². The maximum absolute atomic E-state index is 11.8. The Bertz CT molecular complexity index is 486. The number of carbonyl (C=O) groups excluding carboxylic acids is 1. The molecular weight excluding hydrogens is 268 g/mol. The van der Waals surface area contributed by atoms with Crippen molar-refractivity contribution in [3.63, 3.8) is 0 Å². The number of carboxylic acid groups (broad SMARTS) is 1. The van der Waals surface area contributed by atoms with Gasteiger partial charge < -0.3 is 16.2 Å². The average Bonchev–Trinajstić information content (AvgIpc) is 2.40. The number of aryl methyl sites for hydroxylation is 1. The first-order chi connectivity index (χ1) is 9.88. The standard InChI is InChI=1S/C16H24N2O3/c1-11(2)8-13(16(20)21)10-18-15(19)7-6-12-4-3-5-14(17)9-12/h3-5,9,11,13H,6-8,10,17H2,1-2H3,(H,18,19)(H,20,21). The van der Waals surface area contributed by atoms with Gasteiger partial charge in [-0.1, -0.05) is 26.0 Å². The summed E-state index contributed by atoms with van der Waals surface area (Å²) in [6.07, 6.45) is 1.49. The minimum absolute atomic E-state index is 0.132. The van der Waals surface area contributed by atoms with Gasteiger partial charge in [0.1, 0.15) is 0 Å². The predicted molar refractivity (Wildman–Crippen MR) is 82.8 cm³/mol. The van der Waals surface area contributed by atoms with Crippen molar-refractivity contribution in [2.45, 2.75) is 33.1 Å². The van der Waals surface area contributed by atoms with Crippen LogP contribution in [0.25, 0.3) is 0 Å². The molecule has 0 saturated heterocycles. The molecule has 0 aliphatic heterocycles. The summed E-state index contributed by atoms with van der Waals surface area (Å²) in [6, 6.07) is 7.41. The van der Waals surface area contributed by atoms with E-state index in [1.165, 1.54) is 0 Å². The summed E-state index contributed by atoms with van der Waals surface area (Å²) in [6.45, 7) is 4.12. The number of rotatable bonds is 8. The molecule has 5 nitrogen and oxygen atoms in total. The van der Waals surface area contributed by atoms with Crippen molar-refractivity contribution < 1.29 is 14.7 Å². The third kappa shape index (κ3) is 6.79. The van der Waals surface area contributed by atoms with Crippen LogP contribution in [0.2, 0.25) is 0 Å². The van der Waals surface area contributed by atoms with Crippen LogP contribution in [0, 0.1) is 11.8 Å². The van der Waals surface area contributed by atoms with E-state index in [0.29, 0.717) is 24.9 Å². The molecule has 116 valence electrons. The predicted octanol–water partition coefficient (Wildman–Crippen LogP) is 2.06. The summed E-state index contributed by atoms with van der Waals surface area (Å²) >= 11 is 0. The Hall–Kier alpha value is -2.04. The molecule has 21 heavy (non-hydrogen) atoms. The first kappa shape index (κ1) is 17.0. The molecule has 0 aliphatic carbocycles. The summed E-state index contributed by atoms with van der Waals surface area (Å²) in [5, 5.41) is 11.8. The molecule has 5 heteroatoms. The third-order valence-electron chi connectivity index (χ3n) is 3.24. The molecular formula is C16H24N2O3. The highest BCUT2D eigenvalue weighted by Gasteiger charge is 2.19. The van der Waals surface area contributed by atoms with Crippen LogP contribution >= 0.6 is 0 Å². The van der Waals surface area contributed by atoms with E-state index < -0.39 is 11.9 Å². The number of anilines is 1. The Morgan fingerprint density at radius 1 is 1.33 bits per heavy atom. The van der Waals surface area contributed by atoms with Gasteiger partial charge in [-0.25, -0.2) is 0 Å². The maximum Gasteiger partial charge on any atom is 0.308 e. The fourth-order valence-corrected chi connectivity index (χ4v) is 2.17. The Labute approximate surface area is 125 Å². The molecule has 1 aromatic carbocycles. The summed E-state index contributed by atoms with van der Waals surface area (Å²) in [7, 11) is 0. The van der Waals surface area contributed by atoms with Crippen LogP contribution in [0.5, 0.6) is 0 Å². The van der Waals surface area contributed by atoms with E-state index in [4.69, 9.17) is 10.8 Å². The van der Waals surface area contributed by atoms with E-state index >= 15 is 0 Å². The fraction of sp³-hybridized carbons (Fsp3) is 0.500.